The summed E-state index contributed by atoms with van der Waals surface area (Å²) in [4.78, 5) is 11.5. The lowest BCUT2D eigenvalue weighted by molar-refractivity contribution is 0.0529. The molecule has 1 amide bonds. The number of aromatic hydroxyl groups is 1. The summed E-state index contributed by atoms with van der Waals surface area (Å²) in [5.41, 5.74) is 1.97. The van der Waals surface area contributed by atoms with Crippen molar-refractivity contribution in [2.75, 3.05) is 7.11 Å². The Balaban J connectivity index is 2.91. The molecule has 6 nitrogen and oxygen atoms in total. The highest BCUT2D eigenvalue weighted by Gasteiger charge is 2.16. The predicted molar refractivity (Wildman–Crippen MR) is 87.0 cm³/mol. The first-order chi connectivity index (χ1) is 9.65. The van der Waals surface area contributed by atoms with E-state index in [4.69, 9.17) is 9.47 Å². The zero-order valence-electron chi connectivity index (χ0n) is 12.0. The molecule has 0 spiro atoms. The number of rotatable bonds is 3. The van der Waals surface area contributed by atoms with Crippen molar-refractivity contribution >= 4 is 44.2 Å². The van der Waals surface area contributed by atoms with Crippen molar-refractivity contribution in [3.63, 3.8) is 0 Å². The van der Waals surface area contributed by atoms with E-state index in [1.807, 2.05) is 0 Å². The molecule has 1 aromatic rings. The Morgan fingerprint density at radius 3 is 2.57 bits per heavy atom. The number of carbonyl (C=O) groups excluding carboxylic acids is 1. The SMILES string of the molecule is COc1cc(Br)c(Br)c(/C=N\NC(=O)OC(C)(C)C)c1O. The molecule has 0 unspecified atom stereocenters. The molecule has 8 heteroatoms. The Morgan fingerprint density at radius 2 is 2.05 bits per heavy atom. The van der Waals surface area contributed by atoms with Gasteiger partial charge in [-0.05, 0) is 58.7 Å². The van der Waals surface area contributed by atoms with Crippen LogP contribution in [0.25, 0.3) is 0 Å². The molecular weight excluding hydrogens is 408 g/mol. The van der Waals surface area contributed by atoms with Gasteiger partial charge in [0.15, 0.2) is 11.5 Å². The van der Waals surface area contributed by atoms with E-state index in [1.54, 1.807) is 26.8 Å². The normalized spacial score (nSPS) is 11.5. The number of phenols is 1. The van der Waals surface area contributed by atoms with Gasteiger partial charge in [0.1, 0.15) is 5.60 Å². The molecule has 1 rings (SSSR count). The van der Waals surface area contributed by atoms with E-state index >= 15 is 0 Å². The van der Waals surface area contributed by atoms with Crippen LogP contribution in [0.15, 0.2) is 20.1 Å². The fourth-order valence-electron chi connectivity index (χ4n) is 1.34. The zero-order chi connectivity index (χ0) is 16.2. The van der Waals surface area contributed by atoms with Gasteiger partial charge in [0.25, 0.3) is 0 Å². The number of benzene rings is 1. The van der Waals surface area contributed by atoms with Crippen LogP contribution in [-0.2, 0) is 4.74 Å². The van der Waals surface area contributed by atoms with Gasteiger partial charge in [-0.2, -0.15) is 5.10 Å². The monoisotopic (exact) mass is 422 g/mol. The number of hydrogen-bond donors (Lipinski definition) is 2. The number of nitrogens with one attached hydrogen (secondary N) is 1. The Morgan fingerprint density at radius 1 is 1.43 bits per heavy atom. The molecule has 0 saturated carbocycles. The highest BCUT2D eigenvalue weighted by molar-refractivity contribution is 9.13. The van der Waals surface area contributed by atoms with Crippen LogP contribution in [0.5, 0.6) is 11.5 Å². The van der Waals surface area contributed by atoms with Crippen molar-refractivity contribution < 1.29 is 19.4 Å². The van der Waals surface area contributed by atoms with Crippen molar-refractivity contribution in [2.24, 2.45) is 5.10 Å². The van der Waals surface area contributed by atoms with Crippen LogP contribution < -0.4 is 10.2 Å². The van der Waals surface area contributed by atoms with Crippen molar-refractivity contribution in [3.8, 4) is 11.5 Å². The number of halogens is 2. The second kappa shape index (κ2) is 7.13. The smallest absolute Gasteiger partial charge is 0.428 e. The summed E-state index contributed by atoms with van der Waals surface area (Å²) in [5, 5.41) is 13.8. The van der Waals surface area contributed by atoms with Crippen molar-refractivity contribution in [3.05, 3.63) is 20.6 Å². The lowest BCUT2D eigenvalue weighted by Gasteiger charge is -2.18. The quantitative estimate of drug-likeness (QED) is 0.572. The van der Waals surface area contributed by atoms with E-state index < -0.39 is 11.7 Å². The second-order valence-corrected chi connectivity index (χ2v) is 6.66. The number of nitrogens with zero attached hydrogens (tertiary/aromatic N) is 1. The summed E-state index contributed by atoms with van der Waals surface area (Å²) in [6.45, 7) is 5.24. The van der Waals surface area contributed by atoms with Crippen LogP contribution in [-0.4, -0.2) is 30.1 Å². The average molecular weight is 424 g/mol. The average Bonchev–Trinajstić information content (AvgIpc) is 2.35. The molecule has 116 valence electrons. The third kappa shape index (κ3) is 5.20. The second-order valence-electron chi connectivity index (χ2n) is 5.01. The fraction of sp³-hybridized carbons (Fsp3) is 0.385. The van der Waals surface area contributed by atoms with Gasteiger partial charge >= 0.3 is 6.09 Å². The molecule has 0 aliphatic rings. The minimum absolute atomic E-state index is 0.0951. The van der Waals surface area contributed by atoms with Crippen LogP contribution >= 0.6 is 31.9 Å². The molecule has 2 N–H and O–H groups in total. The van der Waals surface area contributed by atoms with Gasteiger partial charge in [-0.1, -0.05) is 0 Å². The molecule has 0 saturated heterocycles. The summed E-state index contributed by atoms with van der Waals surface area (Å²) in [7, 11) is 1.44. The Bertz CT molecular complexity index is 568. The van der Waals surface area contributed by atoms with Crippen LogP contribution in [0, 0.1) is 0 Å². The van der Waals surface area contributed by atoms with E-state index in [9.17, 15) is 9.90 Å². The number of ether oxygens (including phenoxy) is 2. The molecule has 0 heterocycles. The number of methoxy groups -OCH3 is 1. The third-order valence-corrected chi connectivity index (χ3v) is 4.17. The molecule has 0 aliphatic carbocycles. The minimum Gasteiger partial charge on any atom is -0.504 e. The first-order valence-corrected chi connectivity index (χ1v) is 7.51. The molecular formula is C13H16Br2N2O4. The predicted octanol–water partition coefficient (Wildman–Crippen LogP) is 3.78. The summed E-state index contributed by atoms with van der Waals surface area (Å²) in [5.74, 6) is 0.186. The topological polar surface area (TPSA) is 80.2 Å². The Labute approximate surface area is 139 Å². The van der Waals surface area contributed by atoms with E-state index in [-0.39, 0.29) is 11.5 Å². The van der Waals surface area contributed by atoms with Gasteiger partial charge < -0.3 is 14.6 Å². The van der Waals surface area contributed by atoms with Crippen molar-refractivity contribution in [1.29, 1.82) is 0 Å². The highest BCUT2D eigenvalue weighted by Crippen LogP contribution is 2.39. The summed E-state index contributed by atoms with van der Waals surface area (Å²) >= 11 is 6.63. The van der Waals surface area contributed by atoms with Gasteiger partial charge in [0, 0.05) is 8.95 Å². The van der Waals surface area contributed by atoms with E-state index in [1.165, 1.54) is 13.3 Å². The number of hydrazone groups is 1. The van der Waals surface area contributed by atoms with Crippen LogP contribution in [0.2, 0.25) is 0 Å². The number of phenolic OH excluding ortho intramolecular Hbond substituents is 1. The lowest BCUT2D eigenvalue weighted by Crippen LogP contribution is -2.29. The number of hydrogen-bond acceptors (Lipinski definition) is 5. The standard InChI is InChI=1S/C13H16Br2N2O4/c1-13(2,3)21-12(19)17-16-6-7-10(15)8(14)5-9(20-4)11(7)18/h5-6,18H,1-4H3,(H,17,19)/b16-6-. The molecule has 0 fully saturated rings. The maximum Gasteiger partial charge on any atom is 0.428 e. The fourth-order valence-corrected chi connectivity index (χ4v) is 2.16. The first kappa shape index (κ1) is 17.8. The summed E-state index contributed by atoms with van der Waals surface area (Å²) in [6, 6.07) is 1.61. The highest BCUT2D eigenvalue weighted by atomic mass is 79.9. The van der Waals surface area contributed by atoms with Gasteiger partial charge in [-0.15, -0.1) is 0 Å². The Hall–Kier alpha value is -1.28. The van der Waals surface area contributed by atoms with Gasteiger partial charge in [0.2, 0.25) is 0 Å². The number of amides is 1. The maximum atomic E-state index is 11.5. The van der Waals surface area contributed by atoms with E-state index in [0.29, 0.717) is 14.5 Å². The van der Waals surface area contributed by atoms with Gasteiger partial charge in [0.05, 0.1) is 18.9 Å². The molecule has 0 atom stereocenters. The molecule has 1 aromatic carbocycles. The van der Waals surface area contributed by atoms with E-state index in [0.717, 1.165) is 0 Å². The van der Waals surface area contributed by atoms with Crippen molar-refractivity contribution in [2.45, 2.75) is 26.4 Å². The molecule has 0 aliphatic heterocycles. The third-order valence-electron chi connectivity index (χ3n) is 2.16. The first-order valence-electron chi connectivity index (χ1n) is 5.92. The molecule has 0 bridgehead atoms. The van der Waals surface area contributed by atoms with Crippen molar-refractivity contribution in [1.82, 2.24) is 5.43 Å². The maximum absolute atomic E-state index is 11.5. The zero-order valence-corrected chi connectivity index (χ0v) is 15.2. The minimum atomic E-state index is -0.684. The lowest BCUT2D eigenvalue weighted by atomic mass is 10.2. The van der Waals surface area contributed by atoms with E-state index in [2.05, 4.69) is 42.4 Å². The van der Waals surface area contributed by atoms with Crippen LogP contribution in [0.4, 0.5) is 4.79 Å². The van der Waals surface area contributed by atoms with Crippen LogP contribution in [0.1, 0.15) is 26.3 Å². The molecule has 0 radical (unpaired) electrons. The molecule has 21 heavy (non-hydrogen) atoms. The summed E-state index contributed by atoms with van der Waals surface area (Å²) in [6.07, 6.45) is 0.604. The van der Waals surface area contributed by atoms with Gasteiger partial charge in [-0.25, -0.2) is 10.2 Å². The Kier molecular flexibility index (Phi) is 6.03. The van der Waals surface area contributed by atoms with Gasteiger partial charge in [-0.3, -0.25) is 0 Å². The number of carbonyl (C=O) groups is 1. The molecule has 0 aromatic heterocycles. The largest absolute Gasteiger partial charge is 0.504 e. The van der Waals surface area contributed by atoms with Crippen LogP contribution in [0.3, 0.4) is 0 Å². The summed E-state index contributed by atoms with van der Waals surface area (Å²) < 4.78 is 11.3.